The normalized spacial score (nSPS) is 10.5. The number of methoxy groups -OCH3 is 1. The highest BCUT2D eigenvalue weighted by molar-refractivity contribution is 5.94. The van der Waals surface area contributed by atoms with Crippen LogP contribution in [-0.4, -0.2) is 30.6 Å². The van der Waals surface area contributed by atoms with E-state index in [0.29, 0.717) is 0 Å². The number of esters is 1. The van der Waals surface area contributed by atoms with Crippen molar-refractivity contribution in [2.24, 2.45) is 0 Å². The average molecular weight is 388 g/mol. The first kappa shape index (κ1) is 20.6. The van der Waals surface area contributed by atoms with Crippen LogP contribution in [0.1, 0.15) is 21.5 Å². The molecule has 0 aliphatic heterocycles. The predicted molar refractivity (Wildman–Crippen MR) is 98.1 cm³/mol. The molecule has 0 saturated carbocycles. The monoisotopic (exact) mass is 388 g/mol. The number of nitrogens with one attached hydrogen (secondary N) is 1. The molecule has 28 heavy (non-hydrogen) atoms. The first-order chi connectivity index (χ1) is 13.4. The van der Waals surface area contributed by atoms with Gasteiger partial charge in [0.2, 0.25) is 0 Å². The van der Waals surface area contributed by atoms with Gasteiger partial charge in [-0.2, -0.15) is 0 Å². The second-order valence-electron chi connectivity index (χ2n) is 5.48. The molecular formula is C19H17FN2O6. The van der Waals surface area contributed by atoms with Crippen LogP contribution in [-0.2, 0) is 16.1 Å². The number of hydrogen-bond donors (Lipinski definition) is 1. The zero-order valence-corrected chi connectivity index (χ0v) is 14.9. The number of benzene rings is 2. The molecule has 146 valence electrons. The summed E-state index contributed by atoms with van der Waals surface area (Å²) >= 11 is 0. The number of nitrogens with zero attached hydrogens (tertiary/aromatic N) is 1. The summed E-state index contributed by atoms with van der Waals surface area (Å²) in [7, 11) is 1.04. The SMILES string of the molecule is COC(=O)c1cc(F)c(C=CCNC(=O)OCc2ccccc2)cc1[N+](=O)[O-]. The highest BCUT2D eigenvalue weighted by atomic mass is 19.1. The van der Waals surface area contributed by atoms with Crippen LogP contribution in [0.4, 0.5) is 14.9 Å². The molecule has 0 spiro atoms. The minimum atomic E-state index is -1.01. The van der Waals surface area contributed by atoms with Crippen molar-refractivity contribution < 1.29 is 28.4 Å². The van der Waals surface area contributed by atoms with E-state index >= 15 is 0 Å². The van der Waals surface area contributed by atoms with E-state index in [1.807, 2.05) is 18.2 Å². The van der Waals surface area contributed by atoms with E-state index in [0.717, 1.165) is 24.8 Å². The summed E-state index contributed by atoms with van der Waals surface area (Å²) in [6.45, 7) is 0.117. The Bertz CT molecular complexity index is 899. The van der Waals surface area contributed by atoms with Crippen molar-refractivity contribution >= 4 is 23.8 Å². The van der Waals surface area contributed by atoms with Gasteiger partial charge in [0, 0.05) is 18.2 Å². The van der Waals surface area contributed by atoms with Crippen LogP contribution in [0.15, 0.2) is 48.5 Å². The van der Waals surface area contributed by atoms with E-state index in [9.17, 15) is 24.1 Å². The Morgan fingerprint density at radius 2 is 1.96 bits per heavy atom. The molecule has 0 heterocycles. The van der Waals surface area contributed by atoms with Gasteiger partial charge in [-0.15, -0.1) is 0 Å². The molecule has 0 aromatic heterocycles. The van der Waals surface area contributed by atoms with Crippen LogP contribution in [0.2, 0.25) is 0 Å². The molecule has 0 saturated heterocycles. The maximum Gasteiger partial charge on any atom is 0.407 e. The summed E-state index contributed by atoms with van der Waals surface area (Å²) in [6, 6.07) is 10.8. The zero-order chi connectivity index (χ0) is 20.5. The summed E-state index contributed by atoms with van der Waals surface area (Å²) < 4.78 is 23.5. The Morgan fingerprint density at radius 1 is 1.25 bits per heavy atom. The number of rotatable bonds is 7. The van der Waals surface area contributed by atoms with E-state index in [2.05, 4.69) is 10.1 Å². The van der Waals surface area contributed by atoms with E-state index in [1.54, 1.807) is 12.1 Å². The zero-order valence-electron chi connectivity index (χ0n) is 14.9. The molecule has 0 aliphatic rings. The molecule has 2 aromatic rings. The molecule has 0 aliphatic carbocycles. The average Bonchev–Trinajstić information content (AvgIpc) is 2.70. The molecule has 1 amide bonds. The van der Waals surface area contributed by atoms with E-state index in [4.69, 9.17) is 4.74 Å². The van der Waals surface area contributed by atoms with Gasteiger partial charge in [-0.3, -0.25) is 10.1 Å². The van der Waals surface area contributed by atoms with Crippen LogP contribution in [0.5, 0.6) is 0 Å². The van der Waals surface area contributed by atoms with Crippen molar-refractivity contribution in [1.29, 1.82) is 0 Å². The Kier molecular flexibility index (Phi) is 7.21. The number of alkyl carbamates (subject to hydrolysis) is 1. The number of amides is 1. The van der Waals surface area contributed by atoms with Gasteiger partial charge in [0.1, 0.15) is 18.0 Å². The minimum Gasteiger partial charge on any atom is -0.465 e. The van der Waals surface area contributed by atoms with E-state index < -0.39 is 34.1 Å². The van der Waals surface area contributed by atoms with Crippen molar-refractivity contribution in [3.63, 3.8) is 0 Å². The van der Waals surface area contributed by atoms with Gasteiger partial charge in [0.05, 0.1) is 12.0 Å². The number of nitro groups is 1. The molecule has 9 heteroatoms. The highest BCUT2D eigenvalue weighted by Crippen LogP contribution is 2.24. The molecule has 2 aromatic carbocycles. The van der Waals surface area contributed by atoms with Gasteiger partial charge in [0.15, 0.2) is 0 Å². The van der Waals surface area contributed by atoms with Gasteiger partial charge in [0.25, 0.3) is 5.69 Å². The summed E-state index contributed by atoms with van der Waals surface area (Å²) in [5.74, 6) is -1.85. The fourth-order valence-corrected chi connectivity index (χ4v) is 2.23. The van der Waals surface area contributed by atoms with Crippen molar-refractivity contribution in [2.75, 3.05) is 13.7 Å². The molecule has 8 nitrogen and oxygen atoms in total. The van der Waals surface area contributed by atoms with Crippen LogP contribution in [0.3, 0.4) is 0 Å². The fourth-order valence-electron chi connectivity index (χ4n) is 2.23. The number of hydrogen-bond acceptors (Lipinski definition) is 6. The number of halogens is 1. The minimum absolute atomic E-state index is 0.0135. The van der Waals surface area contributed by atoms with Crippen molar-refractivity contribution in [2.45, 2.75) is 6.61 Å². The smallest absolute Gasteiger partial charge is 0.407 e. The lowest BCUT2D eigenvalue weighted by Gasteiger charge is -2.06. The topological polar surface area (TPSA) is 108 Å². The molecule has 0 fully saturated rings. The first-order valence-corrected chi connectivity index (χ1v) is 8.09. The Hall–Kier alpha value is -3.75. The van der Waals surface area contributed by atoms with Gasteiger partial charge in [-0.1, -0.05) is 42.5 Å². The van der Waals surface area contributed by atoms with Gasteiger partial charge in [-0.25, -0.2) is 14.0 Å². The number of carbonyl (C=O) groups is 2. The molecule has 0 radical (unpaired) electrons. The summed E-state index contributed by atoms with van der Waals surface area (Å²) in [5, 5.41) is 13.5. The summed E-state index contributed by atoms with van der Waals surface area (Å²) in [6.07, 6.45) is 1.98. The molecule has 0 bridgehead atoms. The van der Waals surface area contributed by atoms with E-state index in [-0.39, 0.29) is 18.7 Å². The lowest BCUT2D eigenvalue weighted by atomic mass is 10.1. The Labute approximate surface area is 159 Å². The third kappa shape index (κ3) is 5.63. The lowest BCUT2D eigenvalue weighted by Crippen LogP contribution is -2.24. The number of ether oxygens (including phenoxy) is 2. The fraction of sp³-hybridized carbons (Fsp3) is 0.158. The maximum absolute atomic E-state index is 14.1. The van der Waals surface area contributed by atoms with Crippen LogP contribution in [0.25, 0.3) is 6.08 Å². The molecule has 0 unspecified atom stereocenters. The largest absolute Gasteiger partial charge is 0.465 e. The predicted octanol–water partition coefficient (Wildman–Crippen LogP) is 3.46. The quantitative estimate of drug-likeness (QED) is 0.442. The van der Waals surface area contributed by atoms with Crippen LogP contribution >= 0.6 is 0 Å². The third-order valence-electron chi connectivity index (χ3n) is 3.59. The third-order valence-corrected chi connectivity index (χ3v) is 3.59. The van der Waals surface area contributed by atoms with Crippen molar-refractivity contribution in [3.05, 3.63) is 81.2 Å². The van der Waals surface area contributed by atoms with Crippen molar-refractivity contribution in [1.82, 2.24) is 5.32 Å². The number of carbonyl (C=O) groups excluding carboxylic acids is 2. The first-order valence-electron chi connectivity index (χ1n) is 8.09. The second-order valence-corrected chi connectivity index (χ2v) is 5.48. The highest BCUT2D eigenvalue weighted by Gasteiger charge is 2.23. The summed E-state index contributed by atoms with van der Waals surface area (Å²) in [5.41, 5.74) is -0.347. The van der Waals surface area contributed by atoms with Crippen LogP contribution < -0.4 is 5.32 Å². The van der Waals surface area contributed by atoms with E-state index in [1.165, 1.54) is 12.2 Å². The Morgan fingerprint density at radius 3 is 2.61 bits per heavy atom. The van der Waals surface area contributed by atoms with Gasteiger partial charge < -0.3 is 14.8 Å². The second kappa shape index (κ2) is 9.81. The molecule has 2 rings (SSSR count). The Balaban J connectivity index is 1.96. The van der Waals surface area contributed by atoms with Crippen LogP contribution in [0, 0.1) is 15.9 Å². The standard InChI is InChI=1S/C19H17FN2O6/c1-27-18(23)15-11-16(20)14(10-17(15)22(25)26)8-5-9-21-19(24)28-12-13-6-3-2-4-7-13/h2-8,10-11H,9,12H2,1H3,(H,21,24). The van der Waals surface area contributed by atoms with Gasteiger partial charge >= 0.3 is 12.1 Å². The molecule has 0 atom stereocenters. The lowest BCUT2D eigenvalue weighted by molar-refractivity contribution is -0.385. The summed E-state index contributed by atoms with van der Waals surface area (Å²) in [4.78, 5) is 33.4. The maximum atomic E-state index is 14.1. The van der Waals surface area contributed by atoms with Gasteiger partial charge in [-0.05, 0) is 11.6 Å². The molecule has 1 N–H and O–H groups in total. The number of nitro benzene ring substituents is 1. The van der Waals surface area contributed by atoms with Crippen molar-refractivity contribution in [3.8, 4) is 0 Å². The molecular weight excluding hydrogens is 371 g/mol.